The molecular weight excluding hydrogens is 408 g/mol. The standard InChI is InChI=1S/C25H30N2O5/c1-5-26(6-2)11-12-27-22(20-9-7-15(3)31-20)21(24(29)25(27)30)23(28)17-8-10-19-18(14-17)13-16(4)32-19/h7-10,14,16,22,28H,5-6,11-13H2,1-4H3/b23-21+/t16-,22-/m1/s1. The zero-order valence-corrected chi connectivity index (χ0v) is 19.1. The van der Waals surface area contributed by atoms with Crippen molar-refractivity contribution in [2.45, 2.75) is 46.3 Å². The third-order valence-corrected chi connectivity index (χ3v) is 6.29. The van der Waals surface area contributed by atoms with E-state index in [2.05, 4.69) is 18.7 Å². The van der Waals surface area contributed by atoms with Gasteiger partial charge in [-0.3, -0.25) is 9.59 Å². The van der Waals surface area contributed by atoms with Crippen LogP contribution in [0.25, 0.3) is 5.76 Å². The number of likely N-dealkylation sites (N-methyl/N-ethyl adjacent to an activating group) is 1. The number of ketones is 1. The van der Waals surface area contributed by atoms with Gasteiger partial charge in [0.2, 0.25) is 0 Å². The highest BCUT2D eigenvalue weighted by molar-refractivity contribution is 6.46. The number of nitrogens with zero attached hydrogens (tertiary/aromatic N) is 2. The number of Topliss-reactive ketones (excluding diaryl/α,β-unsaturated/α-hetero) is 1. The first-order valence-electron chi connectivity index (χ1n) is 11.2. The first-order chi connectivity index (χ1) is 15.3. The normalized spacial score (nSPS) is 22.0. The van der Waals surface area contributed by atoms with E-state index in [-0.39, 0.29) is 17.4 Å². The van der Waals surface area contributed by atoms with Crippen molar-refractivity contribution < 1.29 is 23.8 Å². The Morgan fingerprint density at radius 2 is 1.94 bits per heavy atom. The predicted octanol–water partition coefficient (Wildman–Crippen LogP) is 3.67. The second kappa shape index (κ2) is 8.82. The molecule has 2 aliphatic heterocycles. The predicted molar refractivity (Wildman–Crippen MR) is 120 cm³/mol. The van der Waals surface area contributed by atoms with Crippen LogP contribution in [0.2, 0.25) is 0 Å². The van der Waals surface area contributed by atoms with Gasteiger partial charge >= 0.3 is 0 Å². The summed E-state index contributed by atoms with van der Waals surface area (Å²) in [6, 6.07) is 8.16. The van der Waals surface area contributed by atoms with Gasteiger partial charge in [-0.25, -0.2) is 0 Å². The minimum Gasteiger partial charge on any atom is -0.507 e. The number of carbonyl (C=O) groups excluding carboxylic acids is 2. The van der Waals surface area contributed by atoms with E-state index in [1.807, 2.05) is 19.9 Å². The molecule has 7 heteroatoms. The smallest absolute Gasteiger partial charge is 0.295 e. The van der Waals surface area contributed by atoms with Crippen LogP contribution in [0.15, 0.2) is 40.3 Å². The van der Waals surface area contributed by atoms with E-state index in [0.717, 1.165) is 30.8 Å². The van der Waals surface area contributed by atoms with Crippen LogP contribution in [0, 0.1) is 6.92 Å². The molecule has 1 aromatic heterocycles. The molecule has 0 aliphatic carbocycles. The number of aliphatic hydroxyl groups is 1. The SMILES string of the molecule is CCN(CC)CCN1C(=O)C(=O)/C(=C(/O)c2ccc3c(c2)C[C@@H](C)O3)[C@H]1c1ccc(C)o1. The molecule has 170 valence electrons. The minimum atomic E-state index is -0.761. The molecule has 1 aromatic carbocycles. The van der Waals surface area contributed by atoms with Gasteiger partial charge in [-0.15, -0.1) is 0 Å². The number of rotatable bonds is 7. The maximum absolute atomic E-state index is 13.1. The van der Waals surface area contributed by atoms with Crippen molar-refractivity contribution in [3.63, 3.8) is 0 Å². The van der Waals surface area contributed by atoms with Crippen molar-refractivity contribution in [1.29, 1.82) is 0 Å². The van der Waals surface area contributed by atoms with Crippen LogP contribution in [0.3, 0.4) is 0 Å². The highest BCUT2D eigenvalue weighted by Gasteiger charge is 2.47. The van der Waals surface area contributed by atoms with E-state index in [4.69, 9.17) is 9.15 Å². The van der Waals surface area contributed by atoms with E-state index in [1.54, 1.807) is 24.3 Å². The number of aryl methyl sites for hydroxylation is 1. The van der Waals surface area contributed by atoms with Crippen molar-refractivity contribution in [3.8, 4) is 5.75 Å². The fourth-order valence-electron chi connectivity index (χ4n) is 4.52. The summed E-state index contributed by atoms with van der Waals surface area (Å²) in [6.45, 7) is 10.6. The average Bonchev–Trinajstić information content (AvgIpc) is 3.44. The fourth-order valence-corrected chi connectivity index (χ4v) is 4.52. The van der Waals surface area contributed by atoms with Crippen LogP contribution in [-0.4, -0.2) is 58.9 Å². The topological polar surface area (TPSA) is 83.2 Å². The first-order valence-corrected chi connectivity index (χ1v) is 11.2. The van der Waals surface area contributed by atoms with Crippen molar-refractivity contribution in [3.05, 3.63) is 58.6 Å². The quantitative estimate of drug-likeness (QED) is 0.403. The Bertz CT molecular complexity index is 1070. The van der Waals surface area contributed by atoms with E-state index in [9.17, 15) is 14.7 Å². The summed E-state index contributed by atoms with van der Waals surface area (Å²) in [5.74, 6) is 0.447. The molecule has 0 bridgehead atoms. The molecule has 32 heavy (non-hydrogen) atoms. The monoisotopic (exact) mass is 438 g/mol. The summed E-state index contributed by atoms with van der Waals surface area (Å²) in [5.41, 5.74) is 1.54. The summed E-state index contributed by atoms with van der Waals surface area (Å²) in [7, 11) is 0. The molecule has 1 fully saturated rings. The molecular formula is C25H30N2O5. The van der Waals surface area contributed by atoms with Gasteiger partial charge in [-0.2, -0.15) is 0 Å². The van der Waals surface area contributed by atoms with Gasteiger partial charge in [0.05, 0.1) is 5.57 Å². The molecule has 0 spiro atoms. The Morgan fingerprint density at radius 1 is 1.19 bits per heavy atom. The van der Waals surface area contributed by atoms with Crippen LogP contribution in [0.5, 0.6) is 5.75 Å². The Morgan fingerprint density at radius 3 is 2.59 bits per heavy atom. The lowest BCUT2D eigenvalue weighted by atomic mass is 9.97. The molecule has 2 aromatic rings. The fraction of sp³-hybridized carbons (Fsp3) is 0.440. The Kier molecular flexibility index (Phi) is 6.11. The lowest BCUT2D eigenvalue weighted by Crippen LogP contribution is -2.37. The van der Waals surface area contributed by atoms with Crippen LogP contribution in [0.1, 0.15) is 49.5 Å². The number of furan rings is 1. The Balaban J connectivity index is 1.76. The van der Waals surface area contributed by atoms with Gasteiger partial charge in [-0.05, 0) is 62.8 Å². The molecule has 0 saturated carbocycles. The highest BCUT2D eigenvalue weighted by atomic mass is 16.5. The van der Waals surface area contributed by atoms with Crippen molar-refractivity contribution in [2.24, 2.45) is 0 Å². The van der Waals surface area contributed by atoms with Crippen molar-refractivity contribution >= 4 is 17.4 Å². The third kappa shape index (κ3) is 3.93. The molecule has 0 unspecified atom stereocenters. The maximum atomic E-state index is 13.1. The first kappa shape index (κ1) is 22.1. The summed E-state index contributed by atoms with van der Waals surface area (Å²) in [4.78, 5) is 29.8. The van der Waals surface area contributed by atoms with Crippen LogP contribution >= 0.6 is 0 Å². The Hall–Kier alpha value is -3.06. The van der Waals surface area contributed by atoms with E-state index in [0.29, 0.717) is 30.2 Å². The molecule has 1 saturated heterocycles. The molecule has 0 radical (unpaired) electrons. The molecule has 1 amide bonds. The average molecular weight is 439 g/mol. The zero-order valence-electron chi connectivity index (χ0n) is 19.1. The number of benzene rings is 1. The zero-order chi connectivity index (χ0) is 23.0. The number of carbonyl (C=O) groups is 2. The van der Waals surface area contributed by atoms with Gasteiger partial charge in [0, 0.05) is 25.1 Å². The summed E-state index contributed by atoms with van der Waals surface area (Å²) < 4.78 is 11.6. The molecule has 4 rings (SSSR count). The number of fused-ring (bicyclic) bond motifs is 1. The van der Waals surface area contributed by atoms with Gasteiger partial charge in [-0.1, -0.05) is 13.8 Å². The molecule has 2 atom stereocenters. The lowest BCUT2D eigenvalue weighted by molar-refractivity contribution is -0.140. The van der Waals surface area contributed by atoms with Crippen molar-refractivity contribution in [1.82, 2.24) is 9.80 Å². The second-order valence-electron chi connectivity index (χ2n) is 8.42. The Labute approximate surface area is 188 Å². The van der Waals surface area contributed by atoms with Gasteiger partial charge in [0.15, 0.2) is 0 Å². The molecule has 1 N–H and O–H groups in total. The number of ether oxygens (including phenoxy) is 1. The largest absolute Gasteiger partial charge is 0.507 e. The maximum Gasteiger partial charge on any atom is 0.295 e. The van der Waals surface area contributed by atoms with E-state index < -0.39 is 17.7 Å². The van der Waals surface area contributed by atoms with Crippen molar-refractivity contribution in [2.75, 3.05) is 26.2 Å². The van der Waals surface area contributed by atoms with Crippen LogP contribution in [-0.2, 0) is 16.0 Å². The highest BCUT2D eigenvalue weighted by Crippen LogP contribution is 2.41. The summed E-state index contributed by atoms with van der Waals surface area (Å²) in [5, 5.41) is 11.2. The van der Waals surface area contributed by atoms with Gasteiger partial charge < -0.3 is 24.1 Å². The number of aliphatic hydroxyl groups excluding tert-OH is 1. The van der Waals surface area contributed by atoms with E-state index >= 15 is 0 Å². The number of hydrogen-bond acceptors (Lipinski definition) is 6. The lowest BCUT2D eigenvalue weighted by Gasteiger charge is -2.26. The van der Waals surface area contributed by atoms with E-state index in [1.165, 1.54) is 4.90 Å². The molecule has 3 heterocycles. The van der Waals surface area contributed by atoms with Gasteiger partial charge in [0.1, 0.15) is 35.2 Å². The number of hydrogen-bond donors (Lipinski definition) is 1. The number of likely N-dealkylation sites (tertiary alicyclic amines) is 1. The summed E-state index contributed by atoms with van der Waals surface area (Å²) >= 11 is 0. The van der Waals surface area contributed by atoms with Crippen LogP contribution < -0.4 is 4.74 Å². The molecule has 7 nitrogen and oxygen atoms in total. The third-order valence-electron chi connectivity index (χ3n) is 6.29. The number of amides is 1. The second-order valence-corrected chi connectivity index (χ2v) is 8.42. The minimum absolute atomic E-state index is 0.0656. The van der Waals surface area contributed by atoms with Gasteiger partial charge in [0.25, 0.3) is 11.7 Å². The molecule has 2 aliphatic rings. The summed E-state index contributed by atoms with van der Waals surface area (Å²) in [6.07, 6.45) is 0.800. The van der Waals surface area contributed by atoms with Crippen LogP contribution in [0.4, 0.5) is 0 Å².